The van der Waals surface area contributed by atoms with E-state index in [1.165, 1.54) is 0 Å². The number of urea groups is 1. The third-order valence-corrected chi connectivity index (χ3v) is 5.98. The summed E-state index contributed by atoms with van der Waals surface area (Å²) in [5, 5.41) is 4.52. The molecule has 0 aliphatic carbocycles. The molecule has 7 heteroatoms. The molecule has 6 rings (SSSR count). The van der Waals surface area contributed by atoms with Crippen molar-refractivity contribution < 1.29 is 19.0 Å². The van der Waals surface area contributed by atoms with Gasteiger partial charge in [0, 0.05) is 16.8 Å². The number of amides is 2. The van der Waals surface area contributed by atoms with E-state index in [0.717, 1.165) is 28.1 Å². The van der Waals surface area contributed by atoms with Crippen LogP contribution in [-0.2, 0) is 0 Å². The van der Waals surface area contributed by atoms with E-state index in [-0.39, 0.29) is 12.8 Å². The van der Waals surface area contributed by atoms with E-state index in [0.29, 0.717) is 29.5 Å². The van der Waals surface area contributed by atoms with Crippen molar-refractivity contribution in [3.8, 4) is 23.0 Å². The van der Waals surface area contributed by atoms with Crippen LogP contribution in [0, 0.1) is 0 Å². The van der Waals surface area contributed by atoms with Crippen LogP contribution < -0.4 is 25.0 Å². The number of nitrogens with one attached hydrogen (secondary N) is 2. The molecule has 2 aliphatic heterocycles. The molecule has 0 spiro atoms. The minimum atomic E-state index is -0.268. The zero-order valence-corrected chi connectivity index (χ0v) is 19.3. The maximum absolute atomic E-state index is 13.2. The third-order valence-electron chi connectivity index (χ3n) is 5.98. The summed E-state index contributed by atoms with van der Waals surface area (Å²) in [6, 6.07) is 32.4. The summed E-state index contributed by atoms with van der Waals surface area (Å²) in [4.78, 5) is 13.2. The van der Waals surface area contributed by atoms with Gasteiger partial charge in [-0.15, -0.1) is 0 Å². The average Bonchev–Trinajstić information content (AvgIpc) is 3.58. The van der Waals surface area contributed by atoms with Crippen molar-refractivity contribution in [2.24, 2.45) is 0 Å². The van der Waals surface area contributed by atoms with Crippen LogP contribution in [0.2, 0.25) is 0 Å². The molecule has 0 saturated carbocycles. The van der Waals surface area contributed by atoms with E-state index in [2.05, 4.69) is 10.7 Å². The van der Waals surface area contributed by atoms with Crippen LogP contribution in [-0.4, -0.2) is 24.4 Å². The maximum Gasteiger partial charge on any atom is 0.340 e. The molecule has 0 saturated heterocycles. The molecule has 0 bridgehead atoms. The molecule has 178 valence electrons. The first kappa shape index (κ1) is 21.6. The van der Waals surface area contributed by atoms with Gasteiger partial charge < -0.3 is 19.5 Å². The zero-order chi connectivity index (χ0) is 24.3. The lowest BCUT2D eigenvalue weighted by Crippen LogP contribution is -2.40. The molecular weight excluding hydrogens is 454 g/mol. The lowest BCUT2D eigenvalue weighted by atomic mass is 10.0. The molecule has 0 unspecified atom stereocenters. The monoisotopic (exact) mass is 477 g/mol. The Morgan fingerprint density at radius 3 is 2.25 bits per heavy atom. The molecule has 0 fully saturated rings. The molecule has 0 aromatic heterocycles. The molecule has 4 aromatic carbocycles. The highest BCUT2D eigenvalue weighted by Gasteiger charge is 2.28. The van der Waals surface area contributed by atoms with Gasteiger partial charge in [-0.25, -0.2) is 9.80 Å². The predicted molar refractivity (Wildman–Crippen MR) is 138 cm³/mol. The van der Waals surface area contributed by atoms with Gasteiger partial charge in [-0.2, -0.15) is 0 Å². The average molecular weight is 478 g/mol. The van der Waals surface area contributed by atoms with Crippen molar-refractivity contribution in [3.05, 3.63) is 114 Å². The molecule has 2 N–H and O–H groups in total. The van der Waals surface area contributed by atoms with Gasteiger partial charge in [0.1, 0.15) is 11.5 Å². The number of rotatable bonds is 5. The van der Waals surface area contributed by atoms with E-state index in [9.17, 15) is 4.79 Å². The fourth-order valence-electron chi connectivity index (χ4n) is 4.19. The molecule has 0 atom stereocenters. The van der Waals surface area contributed by atoms with Gasteiger partial charge in [0.15, 0.2) is 11.5 Å². The first-order valence-corrected chi connectivity index (χ1v) is 11.6. The topological polar surface area (TPSA) is 72.1 Å². The summed E-state index contributed by atoms with van der Waals surface area (Å²) in [5.41, 5.74) is 7.77. The normalized spacial score (nSPS) is 13.9. The van der Waals surface area contributed by atoms with Crippen molar-refractivity contribution in [2.75, 3.05) is 18.7 Å². The lowest BCUT2D eigenvalue weighted by molar-refractivity contribution is 0.174. The van der Waals surface area contributed by atoms with Crippen LogP contribution in [0.5, 0.6) is 23.0 Å². The Morgan fingerprint density at radius 1 is 0.778 bits per heavy atom. The van der Waals surface area contributed by atoms with Crippen LogP contribution in [0.15, 0.2) is 103 Å². The SMILES string of the molecule is O=C(Nc1ccc(Oc2ccccc2)cc1)N1CC(c2ccccc2)=C(c2ccc3c(c2)OCO3)N1. The smallest absolute Gasteiger partial charge is 0.340 e. The van der Waals surface area contributed by atoms with Gasteiger partial charge in [-0.3, -0.25) is 5.43 Å². The second kappa shape index (κ2) is 9.38. The number of hydrazine groups is 1. The molecule has 7 nitrogen and oxygen atoms in total. The summed E-state index contributed by atoms with van der Waals surface area (Å²) in [6.45, 7) is 0.606. The largest absolute Gasteiger partial charge is 0.457 e. The van der Waals surface area contributed by atoms with Gasteiger partial charge in [0.2, 0.25) is 6.79 Å². The van der Waals surface area contributed by atoms with Gasteiger partial charge in [-0.05, 0) is 60.2 Å². The van der Waals surface area contributed by atoms with Crippen molar-refractivity contribution in [1.82, 2.24) is 10.4 Å². The number of ether oxygens (including phenoxy) is 3. The van der Waals surface area contributed by atoms with Gasteiger partial charge in [0.25, 0.3) is 0 Å². The Hall–Kier alpha value is -4.91. The Balaban J connectivity index is 1.19. The number of anilines is 1. The van der Waals surface area contributed by atoms with Gasteiger partial charge >= 0.3 is 6.03 Å². The number of para-hydroxylation sites is 1. The van der Waals surface area contributed by atoms with Crippen LogP contribution >= 0.6 is 0 Å². The molecule has 36 heavy (non-hydrogen) atoms. The summed E-state index contributed by atoms with van der Waals surface area (Å²) in [5.74, 6) is 2.85. The van der Waals surface area contributed by atoms with Crippen LogP contribution in [0.25, 0.3) is 11.3 Å². The number of hydrogen-bond donors (Lipinski definition) is 2. The number of carbonyl (C=O) groups excluding carboxylic acids is 1. The molecular formula is C29H23N3O4. The van der Waals surface area contributed by atoms with E-state index >= 15 is 0 Å². The minimum Gasteiger partial charge on any atom is -0.457 e. The van der Waals surface area contributed by atoms with Crippen LogP contribution in [0.4, 0.5) is 10.5 Å². The van der Waals surface area contributed by atoms with Crippen molar-refractivity contribution in [3.63, 3.8) is 0 Å². The molecule has 2 heterocycles. The second-order valence-electron chi connectivity index (χ2n) is 8.36. The lowest BCUT2D eigenvalue weighted by Gasteiger charge is -2.19. The van der Waals surface area contributed by atoms with Crippen molar-refractivity contribution in [2.45, 2.75) is 0 Å². The van der Waals surface area contributed by atoms with Gasteiger partial charge in [0.05, 0.1) is 12.2 Å². The summed E-state index contributed by atoms with van der Waals surface area (Å²) in [7, 11) is 0. The molecule has 4 aromatic rings. The van der Waals surface area contributed by atoms with Crippen LogP contribution in [0.1, 0.15) is 11.1 Å². The summed E-state index contributed by atoms with van der Waals surface area (Å²) >= 11 is 0. The fourth-order valence-corrected chi connectivity index (χ4v) is 4.19. The number of benzene rings is 4. The standard InChI is InChI=1S/C29H23N3O4/c33-29(30-22-12-14-24(15-13-22)36-23-9-5-2-6-10-23)32-18-25(20-7-3-1-4-8-20)28(31-32)21-11-16-26-27(17-21)35-19-34-26/h1-17,31H,18-19H2,(H,30,33). The summed E-state index contributed by atoms with van der Waals surface area (Å²) < 4.78 is 16.9. The predicted octanol–water partition coefficient (Wildman–Crippen LogP) is 6.13. The fraction of sp³-hybridized carbons (Fsp3) is 0.0690. The van der Waals surface area contributed by atoms with Crippen molar-refractivity contribution in [1.29, 1.82) is 0 Å². The first-order chi connectivity index (χ1) is 17.7. The third kappa shape index (κ3) is 4.42. The van der Waals surface area contributed by atoms with Gasteiger partial charge in [-0.1, -0.05) is 48.5 Å². The number of hydrogen-bond acceptors (Lipinski definition) is 5. The molecule has 0 radical (unpaired) electrons. The Labute approximate surface area is 208 Å². The maximum atomic E-state index is 13.2. The number of fused-ring (bicyclic) bond motifs is 1. The van der Waals surface area contributed by atoms with Crippen LogP contribution in [0.3, 0.4) is 0 Å². The highest BCUT2D eigenvalue weighted by molar-refractivity contribution is 5.98. The Kier molecular flexibility index (Phi) is 5.63. The van der Waals surface area contributed by atoms with E-state index in [1.54, 1.807) is 5.01 Å². The second-order valence-corrected chi connectivity index (χ2v) is 8.36. The molecule has 2 aliphatic rings. The number of carbonyl (C=O) groups is 1. The highest BCUT2D eigenvalue weighted by atomic mass is 16.7. The number of nitrogens with zero attached hydrogens (tertiary/aromatic N) is 1. The Bertz CT molecular complexity index is 1420. The minimum absolute atomic E-state index is 0.209. The molecule has 2 amide bonds. The van der Waals surface area contributed by atoms with E-state index < -0.39 is 0 Å². The highest BCUT2D eigenvalue weighted by Crippen LogP contribution is 2.37. The van der Waals surface area contributed by atoms with E-state index in [1.807, 2.05) is 103 Å². The Morgan fingerprint density at radius 2 is 1.47 bits per heavy atom. The summed E-state index contributed by atoms with van der Waals surface area (Å²) in [6.07, 6.45) is 0. The quantitative estimate of drug-likeness (QED) is 0.362. The van der Waals surface area contributed by atoms with Crippen molar-refractivity contribution >= 4 is 23.0 Å². The first-order valence-electron chi connectivity index (χ1n) is 11.6. The zero-order valence-electron chi connectivity index (χ0n) is 19.3. The van der Waals surface area contributed by atoms with E-state index in [4.69, 9.17) is 14.2 Å².